The molecule has 0 fully saturated rings. The minimum atomic E-state index is -0.337. The Hall–Kier alpha value is -3.54. The van der Waals surface area contributed by atoms with Gasteiger partial charge >= 0.3 is 5.69 Å². The molecule has 0 aliphatic carbocycles. The van der Waals surface area contributed by atoms with Crippen molar-refractivity contribution < 1.29 is 4.42 Å². The van der Waals surface area contributed by atoms with Gasteiger partial charge in [0.25, 0.3) is 5.56 Å². The summed E-state index contributed by atoms with van der Waals surface area (Å²) >= 11 is 0. The van der Waals surface area contributed by atoms with Crippen LogP contribution in [0.15, 0.2) is 62.5 Å². The maximum absolute atomic E-state index is 13.3. The molecule has 4 heterocycles. The molecule has 1 aromatic carbocycles. The van der Waals surface area contributed by atoms with E-state index < -0.39 is 0 Å². The van der Waals surface area contributed by atoms with Crippen molar-refractivity contribution in [3.63, 3.8) is 0 Å². The van der Waals surface area contributed by atoms with Gasteiger partial charge in [-0.1, -0.05) is 36.4 Å². The van der Waals surface area contributed by atoms with Gasteiger partial charge < -0.3 is 8.98 Å². The van der Waals surface area contributed by atoms with Crippen molar-refractivity contribution in [1.29, 1.82) is 0 Å². The molecule has 0 atom stereocenters. The number of hydrogen-bond donors (Lipinski definition) is 0. The molecule has 0 radical (unpaired) electrons. The SMILES string of the molecule is Cc1ccc(C2=CCCn3c(-c4ccccc4)c4c(=O)n(C)c(=O)n(C)c4c32)o1. The molecular formula is C23H21N3O3. The van der Waals surface area contributed by atoms with Crippen molar-refractivity contribution in [2.24, 2.45) is 14.1 Å². The molecule has 0 saturated heterocycles. The van der Waals surface area contributed by atoms with Gasteiger partial charge in [0.2, 0.25) is 0 Å². The number of aryl methyl sites for hydroxylation is 2. The highest BCUT2D eigenvalue weighted by Gasteiger charge is 2.29. The molecule has 0 N–H and O–H groups in total. The van der Waals surface area contributed by atoms with Crippen LogP contribution in [0.25, 0.3) is 27.7 Å². The summed E-state index contributed by atoms with van der Waals surface area (Å²) in [6, 6.07) is 13.7. The lowest BCUT2D eigenvalue weighted by Gasteiger charge is -2.19. The molecule has 29 heavy (non-hydrogen) atoms. The van der Waals surface area contributed by atoms with Gasteiger partial charge in [-0.25, -0.2) is 4.79 Å². The van der Waals surface area contributed by atoms with Crippen LogP contribution in [-0.2, 0) is 20.6 Å². The molecule has 0 unspecified atom stereocenters. The molecule has 0 amide bonds. The fraction of sp³-hybridized carbons (Fsp3) is 0.217. The third-order valence-corrected chi connectivity index (χ3v) is 5.67. The zero-order chi connectivity index (χ0) is 20.3. The molecule has 1 aliphatic heterocycles. The zero-order valence-electron chi connectivity index (χ0n) is 16.6. The Morgan fingerprint density at radius 1 is 0.931 bits per heavy atom. The minimum absolute atomic E-state index is 0.279. The van der Waals surface area contributed by atoms with Crippen molar-refractivity contribution in [2.45, 2.75) is 19.9 Å². The van der Waals surface area contributed by atoms with Crippen LogP contribution in [-0.4, -0.2) is 13.7 Å². The Balaban J connectivity index is 1.99. The summed E-state index contributed by atoms with van der Waals surface area (Å²) in [7, 11) is 3.25. The maximum Gasteiger partial charge on any atom is 0.331 e. The van der Waals surface area contributed by atoms with Gasteiger partial charge in [-0.05, 0) is 31.0 Å². The Labute approximate surface area is 166 Å². The van der Waals surface area contributed by atoms with Crippen molar-refractivity contribution in [2.75, 3.05) is 0 Å². The molecule has 3 aromatic heterocycles. The van der Waals surface area contributed by atoms with Crippen LogP contribution in [0.3, 0.4) is 0 Å². The molecule has 5 rings (SSSR count). The van der Waals surface area contributed by atoms with Crippen molar-refractivity contribution in [1.82, 2.24) is 13.7 Å². The number of fused-ring (bicyclic) bond motifs is 3. The number of allylic oxidation sites excluding steroid dienone is 1. The van der Waals surface area contributed by atoms with Gasteiger partial charge in [0, 0.05) is 26.2 Å². The average Bonchev–Trinajstić information content (AvgIpc) is 3.32. The van der Waals surface area contributed by atoms with E-state index in [1.807, 2.05) is 49.4 Å². The quantitative estimate of drug-likeness (QED) is 0.529. The highest BCUT2D eigenvalue weighted by molar-refractivity contribution is 6.02. The van der Waals surface area contributed by atoms with E-state index >= 15 is 0 Å². The van der Waals surface area contributed by atoms with Gasteiger partial charge in [0.05, 0.1) is 22.3 Å². The lowest BCUT2D eigenvalue weighted by Crippen LogP contribution is -2.36. The van der Waals surface area contributed by atoms with Crippen LogP contribution in [0.2, 0.25) is 0 Å². The molecule has 0 bridgehead atoms. The first kappa shape index (κ1) is 17.6. The molecule has 6 nitrogen and oxygen atoms in total. The van der Waals surface area contributed by atoms with E-state index in [1.165, 1.54) is 11.6 Å². The van der Waals surface area contributed by atoms with Gasteiger partial charge in [-0.15, -0.1) is 0 Å². The number of nitrogens with zero attached hydrogens (tertiary/aromatic N) is 3. The second kappa shape index (κ2) is 6.24. The highest BCUT2D eigenvalue weighted by Crippen LogP contribution is 2.40. The number of furan rings is 1. The van der Waals surface area contributed by atoms with Gasteiger partial charge in [-0.3, -0.25) is 13.9 Å². The zero-order valence-corrected chi connectivity index (χ0v) is 16.6. The van der Waals surface area contributed by atoms with Crippen molar-refractivity contribution in [3.8, 4) is 11.3 Å². The second-order valence-electron chi connectivity index (χ2n) is 7.46. The summed E-state index contributed by atoms with van der Waals surface area (Å²) < 4.78 is 10.8. The largest absolute Gasteiger partial charge is 0.461 e. The van der Waals surface area contributed by atoms with Gasteiger partial charge in [-0.2, -0.15) is 0 Å². The van der Waals surface area contributed by atoms with E-state index in [0.717, 1.165) is 47.0 Å². The van der Waals surface area contributed by atoms with Crippen LogP contribution < -0.4 is 11.2 Å². The Morgan fingerprint density at radius 3 is 2.38 bits per heavy atom. The van der Waals surface area contributed by atoms with E-state index in [1.54, 1.807) is 11.6 Å². The molecule has 146 valence electrons. The lowest BCUT2D eigenvalue weighted by molar-refractivity contribution is 0.519. The summed E-state index contributed by atoms with van der Waals surface area (Å²) in [5, 5.41) is 0.562. The Bertz CT molecular complexity index is 1410. The normalized spacial score (nSPS) is 13.6. The molecular weight excluding hydrogens is 366 g/mol. The summed E-state index contributed by atoms with van der Waals surface area (Å²) in [6.07, 6.45) is 2.95. The van der Waals surface area contributed by atoms with Crippen LogP contribution in [0, 0.1) is 6.92 Å². The number of aromatic nitrogens is 3. The van der Waals surface area contributed by atoms with E-state index in [4.69, 9.17) is 4.42 Å². The van der Waals surface area contributed by atoms with E-state index in [-0.39, 0.29) is 11.2 Å². The van der Waals surface area contributed by atoms with Crippen molar-refractivity contribution in [3.05, 3.63) is 86.6 Å². The van der Waals surface area contributed by atoms with E-state index in [2.05, 4.69) is 10.6 Å². The fourth-order valence-corrected chi connectivity index (χ4v) is 4.33. The smallest absolute Gasteiger partial charge is 0.331 e. The van der Waals surface area contributed by atoms with Crippen LogP contribution >= 0.6 is 0 Å². The van der Waals surface area contributed by atoms with Crippen LogP contribution in [0.5, 0.6) is 0 Å². The predicted octanol–water partition coefficient (Wildman–Crippen LogP) is 3.44. The van der Waals surface area contributed by atoms with Crippen LogP contribution in [0.1, 0.15) is 23.6 Å². The summed E-state index contributed by atoms with van der Waals surface area (Å²) in [4.78, 5) is 26.0. The number of hydrogen-bond acceptors (Lipinski definition) is 3. The summed E-state index contributed by atoms with van der Waals surface area (Å²) in [6.45, 7) is 2.64. The molecule has 0 saturated carbocycles. The Morgan fingerprint density at radius 2 is 1.69 bits per heavy atom. The lowest BCUT2D eigenvalue weighted by atomic mass is 10.0. The van der Waals surface area contributed by atoms with E-state index in [9.17, 15) is 9.59 Å². The third-order valence-electron chi connectivity index (χ3n) is 5.67. The Kier molecular flexibility index (Phi) is 3.77. The first-order valence-electron chi connectivity index (χ1n) is 9.64. The second-order valence-corrected chi connectivity index (χ2v) is 7.46. The van der Waals surface area contributed by atoms with Gasteiger partial charge in [0.1, 0.15) is 11.5 Å². The third kappa shape index (κ3) is 2.42. The molecule has 4 aromatic rings. The maximum atomic E-state index is 13.3. The monoisotopic (exact) mass is 387 g/mol. The standard InChI is InChI=1S/C23H21N3O3/c1-14-11-12-17(29-14)16-10-7-13-26-19(15-8-5-4-6-9-15)18-21(20(16)26)24(2)23(28)25(3)22(18)27/h4-6,8-12H,7,13H2,1-3H3. The summed E-state index contributed by atoms with van der Waals surface area (Å²) in [5.74, 6) is 1.57. The summed E-state index contributed by atoms with van der Waals surface area (Å²) in [5.41, 5.74) is 3.61. The molecule has 1 aliphatic rings. The van der Waals surface area contributed by atoms with Crippen LogP contribution in [0.4, 0.5) is 0 Å². The first-order valence-corrected chi connectivity index (χ1v) is 9.64. The highest BCUT2D eigenvalue weighted by atomic mass is 16.3. The minimum Gasteiger partial charge on any atom is -0.461 e. The van der Waals surface area contributed by atoms with Gasteiger partial charge in [0.15, 0.2) is 0 Å². The topological polar surface area (TPSA) is 62.1 Å². The number of rotatable bonds is 2. The predicted molar refractivity (Wildman–Crippen MR) is 113 cm³/mol. The molecule has 6 heteroatoms. The average molecular weight is 387 g/mol. The number of benzene rings is 1. The fourth-order valence-electron chi connectivity index (χ4n) is 4.33. The molecule has 0 spiro atoms. The van der Waals surface area contributed by atoms with Crippen molar-refractivity contribution >= 4 is 16.5 Å². The first-order chi connectivity index (χ1) is 14.0. The van der Waals surface area contributed by atoms with E-state index in [0.29, 0.717) is 10.9 Å².